The second-order valence-electron chi connectivity index (χ2n) is 10.2. The van der Waals surface area contributed by atoms with Gasteiger partial charge in [0.05, 0.1) is 5.56 Å². The standard InChI is InChI=1S/C31H24O10/c1-38-31(16-4-8-18(33)9-5-16)30(29(37)26-22(36)12-19(34)13-24(26)40-30)27-25(41-31)14-21(35)20-10-11-23(39-28(20)27)15-2-6-17(32)7-3-15/h2-9,12-14,23,32-36H,10-11H2,1H3. The smallest absolute Gasteiger partial charge is 0.289 e. The first-order chi connectivity index (χ1) is 19.7. The van der Waals surface area contributed by atoms with Crippen molar-refractivity contribution in [2.75, 3.05) is 7.11 Å². The molecular weight excluding hydrogens is 532 g/mol. The van der Waals surface area contributed by atoms with Crippen LogP contribution in [0.15, 0.2) is 66.7 Å². The van der Waals surface area contributed by atoms with Gasteiger partial charge in [0.2, 0.25) is 5.78 Å². The van der Waals surface area contributed by atoms with E-state index in [4.69, 9.17) is 18.9 Å². The minimum atomic E-state index is -2.14. The number of benzene rings is 4. The Morgan fingerprint density at radius 3 is 2.17 bits per heavy atom. The van der Waals surface area contributed by atoms with E-state index in [9.17, 15) is 30.3 Å². The molecule has 3 unspecified atom stereocenters. The molecule has 3 atom stereocenters. The molecule has 5 N–H and O–H groups in total. The maximum atomic E-state index is 14.6. The second kappa shape index (κ2) is 8.45. The van der Waals surface area contributed by atoms with Crippen LogP contribution in [0, 0.1) is 0 Å². The molecule has 0 fully saturated rings. The molecule has 7 rings (SSSR count). The number of hydrogen-bond acceptors (Lipinski definition) is 10. The second-order valence-corrected chi connectivity index (χ2v) is 10.2. The van der Waals surface area contributed by atoms with Gasteiger partial charge in [-0.15, -0.1) is 0 Å². The van der Waals surface area contributed by atoms with E-state index in [1.807, 2.05) is 0 Å². The van der Waals surface area contributed by atoms with Crippen molar-refractivity contribution in [1.29, 1.82) is 0 Å². The summed E-state index contributed by atoms with van der Waals surface area (Å²) in [7, 11) is 1.32. The quantitative estimate of drug-likeness (QED) is 0.241. The van der Waals surface area contributed by atoms with Crippen LogP contribution >= 0.6 is 0 Å². The van der Waals surface area contributed by atoms with Crippen molar-refractivity contribution in [1.82, 2.24) is 0 Å². The Morgan fingerprint density at radius 2 is 1.49 bits per heavy atom. The van der Waals surface area contributed by atoms with Crippen molar-refractivity contribution in [2.24, 2.45) is 0 Å². The van der Waals surface area contributed by atoms with Crippen LogP contribution in [0.5, 0.6) is 46.0 Å². The van der Waals surface area contributed by atoms with Crippen molar-refractivity contribution < 1.29 is 49.3 Å². The summed E-state index contributed by atoms with van der Waals surface area (Å²) in [6.07, 6.45) is 0.367. The number of ether oxygens (including phenoxy) is 4. The largest absolute Gasteiger partial charge is 0.508 e. The normalized spacial score (nSPS) is 23.7. The van der Waals surface area contributed by atoms with Crippen LogP contribution in [0.25, 0.3) is 0 Å². The van der Waals surface area contributed by atoms with Gasteiger partial charge in [-0.1, -0.05) is 12.1 Å². The Labute approximate surface area is 233 Å². The minimum Gasteiger partial charge on any atom is -0.508 e. The number of phenolic OH excluding ortho intramolecular Hbond substituents is 5. The molecule has 4 aromatic rings. The summed E-state index contributed by atoms with van der Waals surface area (Å²) in [5.41, 5.74) is -0.705. The third-order valence-electron chi connectivity index (χ3n) is 7.99. The molecule has 0 aliphatic carbocycles. The monoisotopic (exact) mass is 556 g/mol. The molecular formula is C31H24O10. The number of rotatable bonds is 3. The summed E-state index contributed by atoms with van der Waals surface area (Å²) in [6, 6.07) is 16.0. The molecule has 3 heterocycles. The number of ketones is 1. The molecule has 4 aromatic carbocycles. The lowest BCUT2D eigenvalue weighted by molar-refractivity contribution is -0.237. The molecule has 10 nitrogen and oxygen atoms in total. The number of fused-ring (bicyclic) bond motifs is 5. The van der Waals surface area contributed by atoms with Gasteiger partial charge in [-0.05, 0) is 54.8 Å². The van der Waals surface area contributed by atoms with Gasteiger partial charge in [0.15, 0.2) is 0 Å². The summed E-state index contributed by atoms with van der Waals surface area (Å²) in [4.78, 5) is 14.6. The molecule has 41 heavy (non-hydrogen) atoms. The van der Waals surface area contributed by atoms with Crippen molar-refractivity contribution in [2.45, 2.75) is 30.3 Å². The number of carbonyl (C=O) groups is 1. The van der Waals surface area contributed by atoms with Crippen LogP contribution in [-0.2, 0) is 22.5 Å². The highest BCUT2D eigenvalue weighted by atomic mass is 16.7. The van der Waals surface area contributed by atoms with Gasteiger partial charge in [-0.2, -0.15) is 0 Å². The number of phenols is 5. The fraction of sp³-hybridized carbons (Fsp3) is 0.194. The number of carbonyl (C=O) groups excluding carboxylic acids is 1. The highest BCUT2D eigenvalue weighted by molar-refractivity contribution is 6.12. The van der Waals surface area contributed by atoms with Gasteiger partial charge in [0.25, 0.3) is 11.4 Å². The van der Waals surface area contributed by atoms with Crippen LogP contribution in [0.2, 0.25) is 0 Å². The average Bonchev–Trinajstić information content (AvgIpc) is 3.41. The average molecular weight is 557 g/mol. The first-order valence-corrected chi connectivity index (χ1v) is 12.9. The van der Waals surface area contributed by atoms with Gasteiger partial charge < -0.3 is 44.5 Å². The first kappa shape index (κ1) is 24.9. The molecule has 0 amide bonds. The van der Waals surface area contributed by atoms with E-state index in [1.165, 1.54) is 43.5 Å². The molecule has 0 aromatic heterocycles. The van der Waals surface area contributed by atoms with Crippen LogP contribution in [0.4, 0.5) is 0 Å². The number of aromatic hydroxyl groups is 5. The van der Waals surface area contributed by atoms with Gasteiger partial charge in [-0.3, -0.25) is 4.79 Å². The van der Waals surface area contributed by atoms with Crippen LogP contribution in [0.3, 0.4) is 0 Å². The Kier molecular flexibility index (Phi) is 5.14. The summed E-state index contributed by atoms with van der Waals surface area (Å²) in [5, 5.41) is 51.8. The Balaban J connectivity index is 1.50. The lowest BCUT2D eigenvalue weighted by Crippen LogP contribution is -2.56. The van der Waals surface area contributed by atoms with E-state index < -0.39 is 29.0 Å². The Bertz CT molecular complexity index is 1730. The van der Waals surface area contributed by atoms with E-state index in [0.717, 1.165) is 11.6 Å². The zero-order valence-electron chi connectivity index (χ0n) is 21.6. The van der Waals surface area contributed by atoms with E-state index in [1.54, 1.807) is 24.3 Å². The summed E-state index contributed by atoms with van der Waals surface area (Å²) in [5.74, 6) is -3.50. The third kappa shape index (κ3) is 3.25. The van der Waals surface area contributed by atoms with Crippen molar-refractivity contribution >= 4 is 5.78 Å². The molecule has 0 saturated heterocycles. The van der Waals surface area contributed by atoms with Crippen LogP contribution in [-0.4, -0.2) is 38.4 Å². The zero-order valence-corrected chi connectivity index (χ0v) is 21.6. The highest BCUT2D eigenvalue weighted by Crippen LogP contribution is 2.65. The molecule has 0 bridgehead atoms. The van der Waals surface area contributed by atoms with Gasteiger partial charge in [0, 0.05) is 36.4 Å². The maximum absolute atomic E-state index is 14.6. The zero-order chi connectivity index (χ0) is 28.7. The van der Waals surface area contributed by atoms with E-state index in [-0.39, 0.29) is 56.9 Å². The predicted octanol–water partition coefficient (Wildman–Crippen LogP) is 4.64. The molecule has 208 valence electrons. The Hall–Kier alpha value is -5.09. The fourth-order valence-electron chi connectivity index (χ4n) is 6.15. The number of methoxy groups -OCH3 is 1. The van der Waals surface area contributed by atoms with Gasteiger partial charge >= 0.3 is 0 Å². The lowest BCUT2D eigenvalue weighted by Gasteiger charge is -2.39. The van der Waals surface area contributed by atoms with E-state index in [0.29, 0.717) is 18.4 Å². The van der Waals surface area contributed by atoms with Gasteiger partial charge in [0.1, 0.15) is 57.7 Å². The minimum absolute atomic E-state index is 0.0378. The molecule has 10 heteroatoms. The summed E-state index contributed by atoms with van der Waals surface area (Å²) in [6.45, 7) is 0. The molecule has 3 aliphatic rings. The molecule has 1 spiro atoms. The van der Waals surface area contributed by atoms with Crippen molar-refractivity contribution in [3.05, 3.63) is 94.5 Å². The third-order valence-corrected chi connectivity index (χ3v) is 7.99. The van der Waals surface area contributed by atoms with Crippen LogP contribution < -0.4 is 14.2 Å². The molecule has 3 aliphatic heterocycles. The molecule has 0 saturated carbocycles. The Morgan fingerprint density at radius 1 is 0.805 bits per heavy atom. The predicted molar refractivity (Wildman–Crippen MR) is 142 cm³/mol. The van der Waals surface area contributed by atoms with Crippen molar-refractivity contribution in [3.8, 4) is 46.0 Å². The number of hydrogen-bond donors (Lipinski definition) is 5. The van der Waals surface area contributed by atoms with E-state index in [2.05, 4.69) is 0 Å². The topological polar surface area (TPSA) is 155 Å². The SMILES string of the molecule is COC1(c2ccc(O)cc2)Oc2cc(O)c3c(c2C12Oc1cc(O)cc(O)c1C2=O)OC(c1ccc(O)cc1)CC3. The summed E-state index contributed by atoms with van der Waals surface area (Å²) < 4.78 is 25.4. The van der Waals surface area contributed by atoms with Crippen LogP contribution in [0.1, 0.15) is 45.1 Å². The fourth-order valence-corrected chi connectivity index (χ4v) is 6.15. The lowest BCUT2D eigenvalue weighted by atomic mass is 9.77. The van der Waals surface area contributed by atoms with E-state index >= 15 is 0 Å². The molecule has 0 radical (unpaired) electrons. The van der Waals surface area contributed by atoms with Crippen molar-refractivity contribution in [3.63, 3.8) is 0 Å². The highest BCUT2D eigenvalue weighted by Gasteiger charge is 2.74. The summed E-state index contributed by atoms with van der Waals surface area (Å²) >= 11 is 0. The first-order valence-electron chi connectivity index (χ1n) is 12.9. The van der Waals surface area contributed by atoms with Gasteiger partial charge in [-0.25, -0.2) is 0 Å². The maximum Gasteiger partial charge on any atom is 0.289 e. The number of Topliss-reactive ketones (excluding diaryl/α,β-unsaturated/α-hetero) is 1.